The first kappa shape index (κ1) is 15.3. The maximum Gasteiger partial charge on any atom is 0.197 e. The van der Waals surface area contributed by atoms with E-state index in [4.69, 9.17) is 4.42 Å². The highest BCUT2D eigenvalue weighted by Gasteiger charge is 2.21. The van der Waals surface area contributed by atoms with Crippen LogP contribution in [-0.4, -0.2) is 5.78 Å². The van der Waals surface area contributed by atoms with E-state index in [1.54, 1.807) is 0 Å². The van der Waals surface area contributed by atoms with Gasteiger partial charge in [0.15, 0.2) is 5.78 Å². The molecule has 0 aliphatic rings. The van der Waals surface area contributed by atoms with E-state index in [2.05, 4.69) is 29.5 Å². The molecule has 0 bridgehead atoms. The molecule has 2 aromatic carbocycles. The number of aryl methyl sites for hydroxylation is 1. The molecular formula is C19H17IO2. The minimum atomic E-state index is 0.0486. The summed E-state index contributed by atoms with van der Waals surface area (Å²) in [5, 5.41) is 0.914. The number of rotatable bonds is 5. The summed E-state index contributed by atoms with van der Waals surface area (Å²) >= 11 is 2.24. The normalized spacial score (nSPS) is 11.0. The van der Waals surface area contributed by atoms with Crippen LogP contribution >= 0.6 is 22.6 Å². The van der Waals surface area contributed by atoms with E-state index in [1.807, 2.05) is 48.5 Å². The van der Waals surface area contributed by atoms with Gasteiger partial charge < -0.3 is 4.42 Å². The van der Waals surface area contributed by atoms with Crippen molar-refractivity contribution in [3.63, 3.8) is 0 Å². The molecule has 1 heterocycles. The number of benzene rings is 2. The van der Waals surface area contributed by atoms with Crippen LogP contribution in [0.4, 0.5) is 0 Å². The van der Waals surface area contributed by atoms with Gasteiger partial charge in [-0.25, -0.2) is 0 Å². The van der Waals surface area contributed by atoms with Gasteiger partial charge in [0.2, 0.25) is 0 Å². The molecule has 0 radical (unpaired) electrons. The minimum Gasteiger partial charge on any atom is -0.460 e. The summed E-state index contributed by atoms with van der Waals surface area (Å²) in [6.45, 7) is 2.14. The topological polar surface area (TPSA) is 30.2 Å². The van der Waals surface area contributed by atoms with Gasteiger partial charge in [0.25, 0.3) is 0 Å². The van der Waals surface area contributed by atoms with Crippen molar-refractivity contribution < 1.29 is 9.21 Å². The molecule has 0 aliphatic carbocycles. The number of unbranched alkanes of at least 4 members (excludes halogenated alkanes) is 1. The molecule has 0 fully saturated rings. The Hall–Kier alpha value is -1.62. The Kier molecular flexibility index (Phi) is 4.62. The van der Waals surface area contributed by atoms with E-state index in [0.717, 1.165) is 45.1 Å². The van der Waals surface area contributed by atoms with E-state index in [0.29, 0.717) is 5.56 Å². The van der Waals surface area contributed by atoms with Crippen LogP contribution in [0, 0.1) is 3.57 Å². The van der Waals surface area contributed by atoms with E-state index >= 15 is 0 Å². The van der Waals surface area contributed by atoms with E-state index < -0.39 is 0 Å². The Labute approximate surface area is 143 Å². The van der Waals surface area contributed by atoms with Crippen molar-refractivity contribution in [2.75, 3.05) is 0 Å². The Morgan fingerprint density at radius 3 is 2.55 bits per heavy atom. The Morgan fingerprint density at radius 1 is 1.09 bits per heavy atom. The van der Waals surface area contributed by atoms with Crippen LogP contribution in [0.2, 0.25) is 0 Å². The van der Waals surface area contributed by atoms with Crippen molar-refractivity contribution in [3.05, 3.63) is 69.0 Å². The molecule has 3 heteroatoms. The Morgan fingerprint density at radius 2 is 1.82 bits per heavy atom. The van der Waals surface area contributed by atoms with Crippen molar-refractivity contribution in [1.82, 2.24) is 0 Å². The third-order valence-electron chi connectivity index (χ3n) is 3.76. The van der Waals surface area contributed by atoms with Gasteiger partial charge in [-0.05, 0) is 59.3 Å². The summed E-state index contributed by atoms with van der Waals surface area (Å²) in [4.78, 5) is 13.0. The second-order valence-corrected chi connectivity index (χ2v) is 6.58. The number of halogens is 1. The van der Waals surface area contributed by atoms with E-state index in [9.17, 15) is 4.79 Å². The smallest absolute Gasteiger partial charge is 0.197 e. The molecule has 0 saturated carbocycles. The van der Waals surface area contributed by atoms with Crippen molar-refractivity contribution >= 4 is 39.3 Å². The third kappa shape index (κ3) is 2.95. The SMILES string of the molecule is CCCCc1oc2ccccc2c1C(=O)c1ccc(I)cc1. The predicted molar refractivity (Wildman–Crippen MR) is 97.4 cm³/mol. The standard InChI is InChI=1S/C19H17IO2/c1-2-3-7-17-18(15-6-4-5-8-16(15)22-17)19(21)13-9-11-14(20)12-10-13/h4-6,8-12H,2-3,7H2,1H3. The van der Waals surface area contributed by atoms with Crippen molar-refractivity contribution in [2.45, 2.75) is 26.2 Å². The fourth-order valence-electron chi connectivity index (χ4n) is 2.60. The van der Waals surface area contributed by atoms with Gasteiger partial charge in [-0.15, -0.1) is 0 Å². The number of hydrogen-bond donors (Lipinski definition) is 0. The first-order chi connectivity index (χ1) is 10.7. The largest absolute Gasteiger partial charge is 0.460 e. The zero-order valence-corrected chi connectivity index (χ0v) is 14.6. The number of para-hydroxylation sites is 1. The fourth-order valence-corrected chi connectivity index (χ4v) is 2.96. The van der Waals surface area contributed by atoms with Crippen LogP contribution in [-0.2, 0) is 6.42 Å². The number of hydrogen-bond acceptors (Lipinski definition) is 2. The highest BCUT2D eigenvalue weighted by Crippen LogP contribution is 2.29. The van der Waals surface area contributed by atoms with Gasteiger partial charge in [0.1, 0.15) is 11.3 Å². The second-order valence-electron chi connectivity index (χ2n) is 5.34. The minimum absolute atomic E-state index is 0.0486. The van der Waals surface area contributed by atoms with Crippen LogP contribution in [0.1, 0.15) is 41.4 Å². The lowest BCUT2D eigenvalue weighted by Gasteiger charge is -2.03. The molecule has 0 aliphatic heterocycles. The number of carbonyl (C=O) groups excluding carboxylic acids is 1. The number of furan rings is 1. The molecule has 0 spiro atoms. The molecule has 0 amide bonds. The van der Waals surface area contributed by atoms with Gasteiger partial charge >= 0.3 is 0 Å². The molecule has 22 heavy (non-hydrogen) atoms. The third-order valence-corrected chi connectivity index (χ3v) is 4.48. The molecule has 3 rings (SSSR count). The van der Waals surface area contributed by atoms with Crippen LogP contribution in [0.25, 0.3) is 11.0 Å². The quantitative estimate of drug-likeness (QED) is 0.409. The Bertz CT molecular complexity index is 800. The molecule has 0 unspecified atom stereocenters. The van der Waals surface area contributed by atoms with E-state index in [1.165, 1.54) is 0 Å². The van der Waals surface area contributed by atoms with Gasteiger partial charge in [-0.2, -0.15) is 0 Å². The van der Waals surface area contributed by atoms with Crippen molar-refractivity contribution in [1.29, 1.82) is 0 Å². The zero-order chi connectivity index (χ0) is 15.5. The summed E-state index contributed by atoms with van der Waals surface area (Å²) < 4.78 is 7.07. The lowest BCUT2D eigenvalue weighted by Crippen LogP contribution is -2.04. The highest BCUT2D eigenvalue weighted by atomic mass is 127. The van der Waals surface area contributed by atoms with Gasteiger partial charge in [-0.3, -0.25) is 4.79 Å². The first-order valence-electron chi connectivity index (χ1n) is 7.51. The highest BCUT2D eigenvalue weighted by molar-refractivity contribution is 14.1. The van der Waals surface area contributed by atoms with Crippen molar-refractivity contribution in [3.8, 4) is 0 Å². The molecule has 0 atom stereocenters. The maximum atomic E-state index is 13.0. The van der Waals surface area contributed by atoms with Gasteiger partial charge in [0, 0.05) is 20.9 Å². The summed E-state index contributed by atoms with van der Waals surface area (Å²) in [6, 6.07) is 15.5. The number of fused-ring (bicyclic) bond motifs is 1. The average molecular weight is 404 g/mol. The van der Waals surface area contributed by atoms with Crippen LogP contribution in [0.5, 0.6) is 0 Å². The monoisotopic (exact) mass is 404 g/mol. The first-order valence-corrected chi connectivity index (χ1v) is 8.59. The summed E-state index contributed by atoms with van der Waals surface area (Å²) in [5.41, 5.74) is 2.23. The summed E-state index contributed by atoms with van der Waals surface area (Å²) in [7, 11) is 0. The Balaban J connectivity index is 2.10. The molecule has 0 saturated heterocycles. The number of carbonyl (C=O) groups is 1. The molecule has 0 N–H and O–H groups in total. The van der Waals surface area contributed by atoms with E-state index in [-0.39, 0.29) is 5.78 Å². The summed E-state index contributed by atoms with van der Waals surface area (Å²) in [5.74, 6) is 0.860. The van der Waals surface area contributed by atoms with Crippen LogP contribution in [0.15, 0.2) is 52.9 Å². The average Bonchev–Trinajstić information content (AvgIpc) is 2.91. The lowest BCUT2D eigenvalue weighted by molar-refractivity contribution is 0.103. The molecule has 3 aromatic rings. The maximum absolute atomic E-state index is 13.0. The second kappa shape index (κ2) is 6.65. The zero-order valence-electron chi connectivity index (χ0n) is 12.4. The molecule has 1 aromatic heterocycles. The number of ketones is 1. The lowest BCUT2D eigenvalue weighted by atomic mass is 9.98. The van der Waals surface area contributed by atoms with Gasteiger partial charge in [-0.1, -0.05) is 31.5 Å². The molecule has 112 valence electrons. The van der Waals surface area contributed by atoms with Crippen molar-refractivity contribution in [2.24, 2.45) is 0 Å². The molecule has 2 nitrogen and oxygen atoms in total. The van der Waals surface area contributed by atoms with Crippen LogP contribution < -0.4 is 0 Å². The fraction of sp³-hybridized carbons (Fsp3) is 0.211. The predicted octanol–water partition coefficient (Wildman–Crippen LogP) is 5.61. The van der Waals surface area contributed by atoms with Gasteiger partial charge in [0.05, 0.1) is 5.56 Å². The summed E-state index contributed by atoms with van der Waals surface area (Å²) in [6.07, 6.45) is 2.90. The van der Waals surface area contributed by atoms with Crippen LogP contribution in [0.3, 0.4) is 0 Å². The molecular weight excluding hydrogens is 387 g/mol.